The Hall–Kier alpha value is -3.16. The second-order valence-corrected chi connectivity index (χ2v) is 12.4. The first-order valence-electron chi connectivity index (χ1n) is 12.0. The number of aliphatic hydroxyl groups excluding tert-OH is 1. The molecule has 1 fully saturated rings. The number of rotatable bonds is 11. The zero-order valence-electron chi connectivity index (χ0n) is 20.9. The molecule has 1 heterocycles. The number of nitrogens with zero attached hydrogens (tertiary/aromatic N) is 2. The fraction of sp³-hybridized carbons (Fsp3) is 0.308. The molecule has 10 nitrogen and oxygen atoms in total. The summed E-state index contributed by atoms with van der Waals surface area (Å²) in [6, 6.07) is 20.9. The van der Waals surface area contributed by atoms with Crippen molar-refractivity contribution in [1.82, 2.24) is 9.21 Å². The molecule has 0 unspecified atom stereocenters. The zero-order chi connectivity index (χ0) is 27.2. The van der Waals surface area contributed by atoms with Crippen molar-refractivity contribution in [3.63, 3.8) is 0 Å². The van der Waals surface area contributed by atoms with Crippen molar-refractivity contribution < 1.29 is 31.4 Å². The van der Waals surface area contributed by atoms with Gasteiger partial charge in [-0.1, -0.05) is 24.3 Å². The highest BCUT2D eigenvalue weighted by Gasteiger charge is 2.29. The Bertz CT molecular complexity index is 1410. The molecule has 2 N–H and O–H groups in total. The third kappa shape index (κ3) is 7.03. The first-order valence-corrected chi connectivity index (χ1v) is 14.9. The maximum atomic E-state index is 12.9. The van der Waals surface area contributed by atoms with Crippen molar-refractivity contribution in [3.05, 3.63) is 78.9 Å². The number of benzene rings is 3. The van der Waals surface area contributed by atoms with Crippen LogP contribution in [0, 0.1) is 0 Å². The lowest BCUT2D eigenvalue weighted by atomic mass is 10.3. The molecule has 0 aromatic heterocycles. The SMILES string of the molecule is COc1ccc(S(=O)(=O)N2CCN(C[C@H](O)COc3cccc(NS(=O)(=O)c4ccccc4)c3)CC2)cc1. The van der Waals surface area contributed by atoms with E-state index in [0.717, 1.165) is 0 Å². The van der Waals surface area contributed by atoms with Crippen LogP contribution in [0.1, 0.15) is 0 Å². The van der Waals surface area contributed by atoms with Gasteiger partial charge in [-0.15, -0.1) is 0 Å². The minimum absolute atomic E-state index is 0.000744. The molecule has 1 atom stereocenters. The second-order valence-electron chi connectivity index (χ2n) is 8.79. The lowest BCUT2D eigenvalue weighted by Gasteiger charge is -2.34. The van der Waals surface area contributed by atoms with E-state index in [9.17, 15) is 21.9 Å². The number of nitrogens with one attached hydrogen (secondary N) is 1. The van der Waals surface area contributed by atoms with Gasteiger partial charge in [0.1, 0.15) is 24.2 Å². The predicted molar refractivity (Wildman–Crippen MR) is 143 cm³/mol. The van der Waals surface area contributed by atoms with Crippen LogP contribution in [-0.4, -0.2) is 83.7 Å². The van der Waals surface area contributed by atoms with Crippen LogP contribution in [0.25, 0.3) is 0 Å². The van der Waals surface area contributed by atoms with Crippen molar-refractivity contribution in [1.29, 1.82) is 0 Å². The number of hydrogen-bond acceptors (Lipinski definition) is 8. The normalized spacial score (nSPS) is 16.1. The summed E-state index contributed by atoms with van der Waals surface area (Å²) < 4.78 is 65.7. The first-order chi connectivity index (χ1) is 18.2. The molecule has 38 heavy (non-hydrogen) atoms. The number of methoxy groups -OCH3 is 1. The number of anilines is 1. The molecule has 3 aromatic carbocycles. The summed E-state index contributed by atoms with van der Waals surface area (Å²) in [6.07, 6.45) is -0.815. The van der Waals surface area contributed by atoms with Crippen LogP contribution < -0.4 is 14.2 Å². The van der Waals surface area contributed by atoms with Crippen LogP contribution in [0.3, 0.4) is 0 Å². The molecule has 1 aliphatic heterocycles. The standard InChI is InChI=1S/C26H31N3O7S2/c1-35-23-10-12-26(13-11-23)38(33,34)29-16-14-28(15-17-29)19-22(30)20-36-24-7-5-6-21(18-24)27-37(31,32)25-8-3-2-4-9-25/h2-13,18,22,27,30H,14-17,19-20H2,1H3/t22-/m0/s1. The third-order valence-corrected chi connectivity index (χ3v) is 9.39. The first kappa shape index (κ1) is 27.9. The number of ether oxygens (including phenoxy) is 2. The molecule has 204 valence electrons. The van der Waals surface area contributed by atoms with Crippen LogP contribution in [0.5, 0.6) is 11.5 Å². The number of piperazine rings is 1. The van der Waals surface area contributed by atoms with Crippen molar-refractivity contribution >= 4 is 25.7 Å². The molecule has 1 saturated heterocycles. The molecule has 0 aliphatic carbocycles. The molecule has 0 radical (unpaired) electrons. The highest BCUT2D eigenvalue weighted by molar-refractivity contribution is 7.92. The Morgan fingerprint density at radius 3 is 2.18 bits per heavy atom. The maximum Gasteiger partial charge on any atom is 0.261 e. The van der Waals surface area contributed by atoms with Gasteiger partial charge in [0.2, 0.25) is 10.0 Å². The largest absolute Gasteiger partial charge is 0.497 e. The van der Waals surface area contributed by atoms with Gasteiger partial charge in [0, 0.05) is 38.8 Å². The van der Waals surface area contributed by atoms with Crippen molar-refractivity contribution in [3.8, 4) is 11.5 Å². The van der Waals surface area contributed by atoms with E-state index in [1.165, 1.54) is 35.7 Å². The second kappa shape index (κ2) is 12.1. The molecule has 0 bridgehead atoms. The van der Waals surface area contributed by atoms with E-state index in [4.69, 9.17) is 9.47 Å². The minimum Gasteiger partial charge on any atom is -0.497 e. The summed E-state index contributed by atoms with van der Waals surface area (Å²) in [5.41, 5.74) is 0.343. The molecule has 4 rings (SSSR count). The fourth-order valence-corrected chi connectivity index (χ4v) is 6.55. The Kier molecular flexibility index (Phi) is 8.90. The third-order valence-electron chi connectivity index (χ3n) is 6.08. The number of hydrogen-bond donors (Lipinski definition) is 2. The molecule has 3 aromatic rings. The lowest BCUT2D eigenvalue weighted by molar-refractivity contribution is 0.0569. The smallest absolute Gasteiger partial charge is 0.261 e. The van der Waals surface area contributed by atoms with Gasteiger partial charge in [0.05, 0.1) is 22.6 Å². The van der Waals surface area contributed by atoms with E-state index in [1.54, 1.807) is 54.6 Å². The van der Waals surface area contributed by atoms with Gasteiger partial charge in [-0.2, -0.15) is 4.31 Å². The Labute approximate surface area is 223 Å². The summed E-state index contributed by atoms with van der Waals surface area (Å²) in [5.74, 6) is 0.998. The Balaban J connectivity index is 1.25. The summed E-state index contributed by atoms with van der Waals surface area (Å²) in [5, 5.41) is 10.5. The predicted octanol–water partition coefficient (Wildman–Crippen LogP) is 2.24. The molecule has 0 amide bonds. The van der Waals surface area contributed by atoms with E-state index in [-0.39, 0.29) is 16.4 Å². The van der Waals surface area contributed by atoms with E-state index in [2.05, 4.69) is 4.72 Å². The summed E-state index contributed by atoms with van der Waals surface area (Å²) in [7, 11) is -5.81. The minimum atomic E-state index is -3.73. The molecule has 0 spiro atoms. The van der Waals surface area contributed by atoms with Crippen LogP contribution in [-0.2, 0) is 20.0 Å². The van der Waals surface area contributed by atoms with Gasteiger partial charge >= 0.3 is 0 Å². The molecular formula is C26H31N3O7S2. The topological polar surface area (TPSA) is 125 Å². The van der Waals surface area contributed by atoms with Crippen molar-refractivity contribution in [2.75, 3.05) is 51.2 Å². The number of sulfonamides is 2. The average molecular weight is 562 g/mol. The molecule has 1 aliphatic rings. The quantitative estimate of drug-likeness (QED) is 0.365. The van der Waals surface area contributed by atoms with Gasteiger partial charge in [0.25, 0.3) is 10.0 Å². The summed E-state index contributed by atoms with van der Waals surface area (Å²) >= 11 is 0. The van der Waals surface area contributed by atoms with Gasteiger partial charge in [-0.25, -0.2) is 16.8 Å². The van der Waals surface area contributed by atoms with Gasteiger partial charge in [-0.05, 0) is 48.5 Å². The molecular weight excluding hydrogens is 530 g/mol. The number of aliphatic hydroxyl groups is 1. The Morgan fingerprint density at radius 1 is 0.842 bits per heavy atom. The lowest BCUT2D eigenvalue weighted by Crippen LogP contribution is -2.50. The van der Waals surface area contributed by atoms with E-state index in [1.807, 2.05) is 4.90 Å². The van der Waals surface area contributed by atoms with Crippen LogP contribution in [0.4, 0.5) is 5.69 Å². The highest BCUT2D eigenvalue weighted by Crippen LogP contribution is 2.22. The van der Waals surface area contributed by atoms with Crippen LogP contribution in [0.15, 0.2) is 88.7 Å². The monoisotopic (exact) mass is 561 g/mol. The summed E-state index contributed by atoms with van der Waals surface area (Å²) in [4.78, 5) is 2.35. The van der Waals surface area contributed by atoms with E-state index >= 15 is 0 Å². The molecule has 0 saturated carbocycles. The van der Waals surface area contributed by atoms with Crippen LogP contribution in [0.2, 0.25) is 0 Å². The number of β-amino-alcohol motifs (C(OH)–C–C–N with tert-alkyl or cyclic N) is 1. The van der Waals surface area contributed by atoms with Crippen molar-refractivity contribution in [2.24, 2.45) is 0 Å². The van der Waals surface area contributed by atoms with E-state index in [0.29, 0.717) is 49.9 Å². The molecule has 12 heteroatoms. The Morgan fingerprint density at radius 2 is 1.53 bits per heavy atom. The van der Waals surface area contributed by atoms with E-state index < -0.39 is 26.2 Å². The maximum absolute atomic E-state index is 12.9. The van der Waals surface area contributed by atoms with Crippen molar-refractivity contribution in [2.45, 2.75) is 15.9 Å². The van der Waals surface area contributed by atoms with Gasteiger partial charge < -0.3 is 14.6 Å². The van der Waals surface area contributed by atoms with Gasteiger partial charge in [-0.3, -0.25) is 9.62 Å². The van der Waals surface area contributed by atoms with Gasteiger partial charge in [0.15, 0.2) is 0 Å². The average Bonchev–Trinajstić information content (AvgIpc) is 2.93. The van der Waals surface area contributed by atoms with Crippen LogP contribution >= 0.6 is 0 Å². The fourth-order valence-electron chi connectivity index (χ4n) is 4.06. The highest BCUT2D eigenvalue weighted by atomic mass is 32.2. The summed E-state index contributed by atoms with van der Waals surface area (Å²) in [6.45, 7) is 1.89. The zero-order valence-corrected chi connectivity index (χ0v) is 22.6.